The SMILES string of the molecule is Cc1csc(Cc2noc(CCOC3CCNCC3)n2)n1. The third-order valence-corrected chi connectivity index (χ3v) is 4.41. The maximum atomic E-state index is 5.84. The lowest BCUT2D eigenvalue weighted by atomic mass is 10.1. The van der Waals surface area contributed by atoms with E-state index in [1.807, 2.05) is 12.3 Å². The zero-order valence-electron chi connectivity index (χ0n) is 12.2. The van der Waals surface area contributed by atoms with Crippen LogP contribution in [0.25, 0.3) is 0 Å². The average Bonchev–Trinajstić information content (AvgIpc) is 3.10. The van der Waals surface area contributed by atoms with Gasteiger partial charge in [-0.3, -0.25) is 0 Å². The van der Waals surface area contributed by atoms with Crippen molar-refractivity contribution in [2.24, 2.45) is 0 Å². The molecule has 1 N–H and O–H groups in total. The summed E-state index contributed by atoms with van der Waals surface area (Å²) in [4.78, 5) is 8.80. The van der Waals surface area contributed by atoms with Crippen LogP contribution in [0.1, 0.15) is 35.3 Å². The van der Waals surface area contributed by atoms with Gasteiger partial charge in [-0.25, -0.2) is 4.98 Å². The van der Waals surface area contributed by atoms with E-state index in [-0.39, 0.29) is 0 Å². The van der Waals surface area contributed by atoms with Crippen molar-refractivity contribution in [1.29, 1.82) is 0 Å². The summed E-state index contributed by atoms with van der Waals surface area (Å²) in [6, 6.07) is 0. The Kier molecular flexibility index (Phi) is 4.95. The molecule has 1 saturated heterocycles. The summed E-state index contributed by atoms with van der Waals surface area (Å²) in [5.41, 5.74) is 1.04. The minimum atomic E-state index is 0.368. The normalized spacial score (nSPS) is 16.4. The molecule has 3 rings (SSSR count). The van der Waals surface area contributed by atoms with Gasteiger partial charge in [0.2, 0.25) is 5.89 Å². The summed E-state index contributed by atoms with van der Waals surface area (Å²) in [6.07, 6.45) is 3.84. The Hall–Kier alpha value is -1.31. The Morgan fingerprint density at radius 1 is 1.38 bits per heavy atom. The van der Waals surface area contributed by atoms with E-state index in [9.17, 15) is 0 Å². The molecule has 21 heavy (non-hydrogen) atoms. The van der Waals surface area contributed by atoms with Crippen LogP contribution in [0.2, 0.25) is 0 Å². The topological polar surface area (TPSA) is 73.1 Å². The molecule has 0 spiro atoms. The van der Waals surface area contributed by atoms with E-state index in [1.165, 1.54) is 0 Å². The van der Waals surface area contributed by atoms with Gasteiger partial charge in [0.1, 0.15) is 5.01 Å². The van der Waals surface area contributed by atoms with Gasteiger partial charge >= 0.3 is 0 Å². The van der Waals surface area contributed by atoms with E-state index in [4.69, 9.17) is 9.26 Å². The maximum absolute atomic E-state index is 5.84. The van der Waals surface area contributed by atoms with E-state index in [0.29, 0.717) is 37.3 Å². The highest BCUT2D eigenvalue weighted by molar-refractivity contribution is 7.09. The monoisotopic (exact) mass is 308 g/mol. The van der Waals surface area contributed by atoms with Gasteiger partial charge in [0.05, 0.1) is 25.6 Å². The molecule has 1 fully saturated rings. The lowest BCUT2D eigenvalue weighted by Gasteiger charge is -2.22. The van der Waals surface area contributed by atoms with E-state index < -0.39 is 0 Å². The van der Waals surface area contributed by atoms with Crippen LogP contribution in [-0.2, 0) is 17.6 Å². The fourth-order valence-corrected chi connectivity index (χ4v) is 3.13. The number of aryl methyl sites for hydroxylation is 1. The van der Waals surface area contributed by atoms with E-state index in [2.05, 4.69) is 20.4 Å². The van der Waals surface area contributed by atoms with Crippen molar-refractivity contribution in [3.63, 3.8) is 0 Å². The molecule has 2 aromatic heterocycles. The van der Waals surface area contributed by atoms with Crippen molar-refractivity contribution in [2.75, 3.05) is 19.7 Å². The summed E-state index contributed by atoms with van der Waals surface area (Å²) in [6.45, 7) is 4.72. The summed E-state index contributed by atoms with van der Waals surface area (Å²) < 4.78 is 11.1. The minimum absolute atomic E-state index is 0.368. The largest absolute Gasteiger partial charge is 0.378 e. The predicted molar refractivity (Wildman–Crippen MR) is 79.5 cm³/mol. The zero-order valence-corrected chi connectivity index (χ0v) is 13.0. The fourth-order valence-electron chi connectivity index (χ4n) is 2.36. The molecular weight excluding hydrogens is 288 g/mol. The highest BCUT2D eigenvalue weighted by Gasteiger charge is 2.14. The molecule has 2 aromatic rings. The third-order valence-electron chi connectivity index (χ3n) is 3.44. The Morgan fingerprint density at radius 2 is 2.24 bits per heavy atom. The summed E-state index contributed by atoms with van der Waals surface area (Å²) in [5, 5.41) is 10.4. The first-order valence-electron chi connectivity index (χ1n) is 7.34. The summed E-state index contributed by atoms with van der Waals surface area (Å²) in [7, 11) is 0. The first-order valence-corrected chi connectivity index (χ1v) is 8.22. The van der Waals surface area contributed by atoms with Gasteiger partial charge in [0.25, 0.3) is 0 Å². The second-order valence-electron chi connectivity index (χ2n) is 5.23. The van der Waals surface area contributed by atoms with Crippen molar-refractivity contribution < 1.29 is 9.26 Å². The molecule has 0 radical (unpaired) electrons. The van der Waals surface area contributed by atoms with Crippen molar-refractivity contribution in [1.82, 2.24) is 20.4 Å². The van der Waals surface area contributed by atoms with Gasteiger partial charge in [-0.1, -0.05) is 5.16 Å². The summed E-state index contributed by atoms with van der Waals surface area (Å²) >= 11 is 1.63. The molecule has 0 unspecified atom stereocenters. The van der Waals surface area contributed by atoms with Crippen LogP contribution in [0.5, 0.6) is 0 Å². The quantitative estimate of drug-likeness (QED) is 0.876. The first kappa shape index (κ1) is 14.6. The third kappa shape index (κ3) is 4.33. The predicted octanol–water partition coefficient (Wildman–Crippen LogP) is 1.74. The highest BCUT2D eigenvalue weighted by Crippen LogP contribution is 2.13. The molecule has 1 aliphatic rings. The Morgan fingerprint density at radius 3 is 3.00 bits per heavy atom. The lowest BCUT2D eigenvalue weighted by molar-refractivity contribution is 0.0322. The molecule has 0 bridgehead atoms. The van der Waals surface area contributed by atoms with Gasteiger partial charge in [-0.15, -0.1) is 11.3 Å². The van der Waals surface area contributed by atoms with Crippen molar-refractivity contribution in [2.45, 2.75) is 38.7 Å². The Labute approximate surface area is 127 Å². The molecule has 114 valence electrons. The molecule has 0 amide bonds. The number of hydrogen-bond donors (Lipinski definition) is 1. The average molecular weight is 308 g/mol. The Bertz CT molecular complexity index is 563. The molecule has 0 aliphatic carbocycles. The number of nitrogens with one attached hydrogen (secondary N) is 1. The van der Waals surface area contributed by atoms with E-state index in [0.717, 1.165) is 36.6 Å². The number of rotatable bonds is 6. The van der Waals surface area contributed by atoms with Gasteiger partial charge in [0, 0.05) is 11.1 Å². The number of thiazole rings is 1. The summed E-state index contributed by atoms with van der Waals surface area (Å²) in [5.74, 6) is 1.34. The first-order chi connectivity index (χ1) is 10.3. The number of hydrogen-bond acceptors (Lipinski definition) is 7. The van der Waals surface area contributed by atoms with Gasteiger partial charge in [-0.2, -0.15) is 4.98 Å². The van der Waals surface area contributed by atoms with Crippen molar-refractivity contribution in [3.05, 3.63) is 27.8 Å². The molecule has 6 nitrogen and oxygen atoms in total. The molecule has 0 saturated carbocycles. The van der Waals surface area contributed by atoms with Gasteiger partial charge in [-0.05, 0) is 32.9 Å². The molecule has 1 aliphatic heterocycles. The number of ether oxygens (including phenoxy) is 1. The Balaban J connectivity index is 1.44. The van der Waals surface area contributed by atoms with Gasteiger partial charge < -0.3 is 14.6 Å². The number of nitrogens with zero attached hydrogens (tertiary/aromatic N) is 3. The smallest absolute Gasteiger partial charge is 0.228 e. The van der Waals surface area contributed by atoms with E-state index in [1.54, 1.807) is 11.3 Å². The maximum Gasteiger partial charge on any atom is 0.228 e. The number of piperidine rings is 1. The number of aromatic nitrogens is 3. The minimum Gasteiger partial charge on any atom is -0.378 e. The zero-order chi connectivity index (χ0) is 14.5. The molecule has 0 aromatic carbocycles. The molecular formula is C14H20N4O2S. The van der Waals surface area contributed by atoms with Crippen LogP contribution in [0, 0.1) is 6.92 Å². The second kappa shape index (κ2) is 7.11. The van der Waals surface area contributed by atoms with Crippen LogP contribution in [0.3, 0.4) is 0 Å². The van der Waals surface area contributed by atoms with Crippen molar-refractivity contribution >= 4 is 11.3 Å². The van der Waals surface area contributed by atoms with Crippen molar-refractivity contribution in [3.8, 4) is 0 Å². The molecule has 7 heteroatoms. The van der Waals surface area contributed by atoms with Crippen LogP contribution in [0.15, 0.2) is 9.90 Å². The van der Waals surface area contributed by atoms with Gasteiger partial charge in [0.15, 0.2) is 5.82 Å². The van der Waals surface area contributed by atoms with Crippen LogP contribution in [0.4, 0.5) is 0 Å². The molecule has 3 heterocycles. The fraction of sp³-hybridized carbons (Fsp3) is 0.643. The highest BCUT2D eigenvalue weighted by atomic mass is 32.1. The lowest BCUT2D eigenvalue weighted by Crippen LogP contribution is -2.32. The van der Waals surface area contributed by atoms with Crippen LogP contribution in [-0.4, -0.2) is 40.9 Å². The standard InChI is InChI=1S/C14H20N4O2S/c1-10-9-21-14(16-10)8-12-17-13(20-18-12)4-7-19-11-2-5-15-6-3-11/h9,11,15H,2-8H2,1H3. The van der Waals surface area contributed by atoms with E-state index >= 15 is 0 Å². The second-order valence-corrected chi connectivity index (χ2v) is 6.18. The molecule has 0 atom stereocenters. The van der Waals surface area contributed by atoms with Crippen LogP contribution >= 0.6 is 11.3 Å². The van der Waals surface area contributed by atoms with Crippen LogP contribution < -0.4 is 5.32 Å².